The third-order valence-corrected chi connectivity index (χ3v) is 4.83. The fraction of sp³-hybridized carbons (Fsp3) is 0.381. The summed E-state index contributed by atoms with van der Waals surface area (Å²) in [6, 6.07) is 11.6. The number of hydrogen-bond acceptors (Lipinski definition) is 4. The maximum Gasteiger partial charge on any atom is 0.223 e. The van der Waals surface area contributed by atoms with Gasteiger partial charge < -0.3 is 15.0 Å². The highest BCUT2D eigenvalue weighted by Crippen LogP contribution is 2.18. The molecule has 0 atom stereocenters. The molecule has 0 saturated carbocycles. The first-order chi connectivity index (χ1) is 13.1. The molecule has 2 amide bonds. The molecule has 2 heterocycles. The van der Waals surface area contributed by atoms with Crippen LogP contribution in [0.15, 0.2) is 48.8 Å². The summed E-state index contributed by atoms with van der Waals surface area (Å²) in [7, 11) is 0. The third-order valence-electron chi connectivity index (χ3n) is 4.83. The standard InChI is InChI=1S/C21H25N3O3/c1-16(25)24-11-8-19(9-12-24)21(26)23-14-17-4-6-20(7-5-17)27-15-18-3-2-10-22-13-18/h2-7,10,13,19H,8-9,11-12,14-15H2,1H3,(H,23,26). The molecule has 142 valence electrons. The van der Waals surface area contributed by atoms with Crippen LogP contribution in [0, 0.1) is 5.92 Å². The van der Waals surface area contributed by atoms with Gasteiger partial charge in [0.15, 0.2) is 0 Å². The Morgan fingerprint density at radius 2 is 1.89 bits per heavy atom. The highest BCUT2D eigenvalue weighted by atomic mass is 16.5. The second-order valence-electron chi connectivity index (χ2n) is 6.79. The van der Waals surface area contributed by atoms with Crippen LogP contribution in [-0.2, 0) is 22.7 Å². The molecule has 1 aromatic heterocycles. The molecule has 1 saturated heterocycles. The van der Waals surface area contributed by atoms with Gasteiger partial charge in [0.2, 0.25) is 11.8 Å². The zero-order valence-corrected chi connectivity index (χ0v) is 15.6. The predicted octanol–water partition coefficient (Wildman–Crippen LogP) is 2.54. The monoisotopic (exact) mass is 367 g/mol. The maximum absolute atomic E-state index is 12.3. The molecule has 3 rings (SSSR count). The number of nitrogens with zero attached hydrogens (tertiary/aromatic N) is 2. The Bertz CT molecular complexity index is 754. The molecule has 0 bridgehead atoms. The number of nitrogens with one attached hydrogen (secondary N) is 1. The molecule has 1 aromatic carbocycles. The number of hydrogen-bond donors (Lipinski definition) is 1. The number of rotatable bonds is 6. The SMILES string of the molecule is CC(=O)N1CCC(C(=O)NCc2ccc(OCc3cccnc3)cc2)CC1. The van der Waals surface area contributed by atoms with E-state index in [1.165, 1.54) is 0 Å². The average Bonchev–Trinajstić information content (AvgIpc) is 2.72. The molecular weight excluding hydrogens is 342 g/mol. The van der Waals surface area contributed by atoms with E-state index in [9.17, 15) is 9.59 Å². The summed E-state index contributed by atoms with van der Waals surface area (Å²) in [6.45, 7) is 3.87. The lowest BCUT2D eigenvalue weighted by Gasteiger charge is -2.30. The fourth-order valence-corrected chi connectivity index (χ4v) is 3.14. The van der Waals surface area contributed by atoms with E-state index >= 15 is 0 Å². The second kappa shape index (κ2) is 9.16. The lowest BCUT2D eigenvalue weighted by molar-refractivity contribution is -0.134. The number of ether oxygens (including phenoxy) is 1. The summed E-state index contributed by atoms with van der Waals surface area (Å²) in [5, 5.41) is 3.00. The third kappa shape index (κ3) is 5.54. The van der Waals surface area contributed by atoms with Crippen molar-refractivity contribution in [2.75, 3.05) is 13.1 Å². The lowest BCUT2D eigenvalue weighted by atomic mass is 9.96. The molecule has 2 aromatic rings. The summed E-state index contributed by atoms with van der Waals surface area (Å²) in [6.07, 6.45) is 4.98. The Morgan fingerprint density at radius 3 is 2.52 bits per heavy atom. The number of likely N-dealkylation sites (tertiary alicyclic amines) is 1. The minimum absolute atomic E-state index is 0.0114. The normalized spacial score (nSPS) is 14.6. The largest absolute Gasteiger partial charge is 0.489 e. The van der Waals surface area contributed by atoms with E-state index < -0.39 is 0 Å². The van der Waals surface area contributed by atoms with Crippen molar-refractivity contribution in [2.24, 2.45) is 5.92 Å². The van der Waals surface area contributed by atoms with Crippen LogP contribution in [0.5, 0.6) is 5.75 Å². The van der Waals surface area contributed by atoms with Crippen molar-refractivity contribution in [1.82, 2.24) is 15.2 Å². The molecule has 0 aliphatic carbocycles. The average molecular weight is 367 g/mol. The minimum atomic E-state index is -0.0114. The van der Waals surface area contributed by atoms with E-state index in [0.29, 0.717) is 26.2 Å². The quantitative estimate of drug-likeness (QED) is 0.852. The van der Waals surface area contributed by atoms with Crippen molar-refractivity contribution in [1.29, 1.82) is 0 Å². The minimum Gasteiger partial charge on any atom is -0.489 e. The van der Waals surface area contributed by atoms with Gasteiger partial charge in [-0.3, -0.25) is 14.6 Å². The smallest absolute Gasteiger partial charge is 0.223 e. The van der Waals surface area contributed by atoms with E-state index in [1.807, 2.05) is 36.4 Å². The lowest BCUT2D eigenvalue weighted by Crippen LogP contribution is -2.42. The van der Waals surface area contributed by atoms with Gasteiger partial charge in [0.05, 0.1) is 0 Å². The Hall–Kier alpha value is -2.89. The van der Waals surface area contributed by atoms with Crippen molar-refractivity contribution in [3.05, 3.63) is 59.9 Å². The zero-order chi connectivity index (χ0) is 19.1. The van der Waals surface area contributed by atoms with Gasteiger partial charge in [-0.15, -0.1) is 0 Å². The van der Waals surface area contributed by atoms with Crippen molar-refractivity contribution in [3.63, 3.8) is 0 Å². The van der Waals surface area contributed by atoms with Gasteiger partial charge >= 0.3 is 0 Å². The number of carbonyl (C=O) groups excluding carboxylic acids is 2. The maximum atomic E-state index is 12.3. The Balaban J connectivity index is 1.42. The van der Waals surface area contributed by atoms with E-state index in [1.54, 1.807) is 24.2 Å². The summed E-state index contributed by atoms with van der Waals surface area (Å²) in [4.78, 5) is 29.5. The van der Waals surface area contributed by atoms with Crippen molar-refractivity contribution >= 4 is 11.8 Å². The molecule has 27 heavy (non-hydrogen) atoms. The number of piperidine rings is 1. The first-order valence-corrected chi connectivity index (χ1v) is 9.25. The van der Waals surface area contributed by atoms with Gasteiger partial charge in [0.25, 0.3) is 0 Å². The van der Waals surface area contributed by atoms with E-state index in [2.05, 4.69) is 10.3 Å². The molecule has 0 spiro atoms. The molecule has 1 fully saturated rings. The first kappa shape index (κ1) is 18.9. The van der Waals surface area contributed by atoms with Crippen molar-refractivity contribution < 1.29 is 14.3 Å². The van der Waals surface area contributed by atoms with E-state index in [4.69, 9.17) is 4.74 Å². The summed E-state index contributed by atoms with van der Waals surface area (Å²) >= 11 is 0. The van der Waals surface area contributed by atoms with Crippen LogP contribution < -0.4 is 10.1 Å². The van der Waals surface area contributed by atoms with Crippen LogP contribution in [0.25, 0.3) is 0 Å². The number of aromatic nitrogens is 1. The molecule has 0 unspecified atom stereocenters. The molecule has 6 heteroatoms. The molecule has 1 aliphatic heterocycles. The van der Waals surface area contributed by atoms with Crippen molar-refractivity contribution in [2.45, 2.75) is 32.9 Å². The number of pyridine rings is 1. The van der Waals surface area contributed by atoms with Crippen LogP contribution >= 0.6 is 0 Å². The van der Waals surface area contributed by atoms with Crippen molar-refractivity contribution in [3.8, 4) is 5.75 Å². The topological polar surface area (TPSA) is 71.5 Å². The number of benzene rings is 1. The van der Waals surface area contributed by atoms with Crippen LogP contribution in [0.2, 0.25) is 0 Å². The van der Waals surface area contributed by atoms with Crippen LogP contribution in [0.1, 0.15) is 30.9 Å². The molecule has 1 N–H and O–H groups in total. The molecule has 6 nitrogen and oxygen atoms in total. The second-order valence-corrected chi connectivity index (χ2v) is 6.79. The molecule has 1 aliphatic rings. The Morgan fingerprint density at radius 1 is 1.15 bits per heavy atom. The molecular formula is C21H25N3O3. The zero-order valence-electron chi connectivity index (χ0n) is 15.6. The van der Waals surface area contributed by atoms with Crippen LogP contribution in [0.4, 0.5) is 0 Å². The van der Waals surface area contributed by atoms with Crippen LogP contribution in [0.3, 0.4) is 0 Å². The van der Waals surface area contributed by atoms with Gasteiger partial charge in [-0.25, -0.2) is 0 Å². The van der Waals surface area contributed by atoms with Crippen LogP contribution in [-0.4, -0.2) is 34.8 Å². The molecule has 0 radical (unpaired) electrons. The summed E-state index contributed by atoms with van der Waals surface area (Å²) in [5.41, 5.74) is 2.04. The highest BCUT2D eigenvalue weighted by Gasteiger charge is 2.25. The predicted molar refractivity (Wildman–Crippen MR) is 102 cm³/mol. The van der Waals surface area contributed by atoms with Gasteiger partial charge in [-0.1, -0.05) is 18.2 Å². The van der Waals surface area contributed by atoms with Gasteiger partial charge in [-0.05, 0) is 36.6 Å². The Kier molecular flexibility index (Phi) is 6.41. The van der Waals surface area contributed by atoms with Gasteiger partial charge in [0.1, 0.15) is 12.4 Å². The van der Waals surface area contributed by atoms with E-state index in [0.717, 1.165) is 29.7 Å². The summed E-state index contributed by atoms with van der Waals surface area (Å²) < 4.78 is 5.74. The number of carbonyl (C=O) groups is 2. The Labute approximate surface area is 159 Å². The van der Waals surface area contributed by atoms with Gasteiger partial charge in [-0.2, -0.15) is 0 Å². The highest BCUT2D eigenvalue weighted by molar-refractivity contribution is 5.79. The number of amides is 2. The van der Waals surface area contributed by atoms with E-state index in [-0.39, 0.29) is 17.7 Å². The summed E-state index contributed by atoms with van der Waals surface area (Å²) in [5.74, 6) is 0.919. The first-order valence-electron chi connectivity index (χ1n) is 9.25. The fourth-order valence-electron chi connectivity index (χ4n) is 3.14. The van der Waals surface area contributed by atoms with Gasteiger partial charge in [0, 0.05) is 50.4 Å².